The number of rotatable bonds is 2. The molecular weight excluding hydrogens is 246 g/mol. The molecule has 0 saturated carbocycles. The van der Waals surface area contributed by atoms with Crippen molar-refractivity contribution >= 4 is 13.3 Å². The van der Waals surface area contributed by atoms with Crippen LogP contribution in [-0.2, 0) is 7.05 Å². The number of hydrogen-bond donors (Lipinski definition) is 0. The van der Waals surface area contributed by atoms with Crippen LogP contribution in [0.2, 0.25) is 19.6 Å². The molecule has 0 aliphatic rings. The van der Waals surface area contributed by atoms with Crippen LogP contribution in [0.15, 0.2) is 36.5 Å². The fourth-order valence-electron chi connectivity index (χ4n) is 2.82. The van der Waals surface area contributed by atoms with Crippen molar-refractivity contribution in [1.82, 2.24) is 0 Å². The first kappa shape index (κ1) is 14.0. The Morgan fingerprint density at radius 3 is 2.16 bits per heavy atom. The maximum atomic E-state index is 2.41. The van der Waals surface area contributed by atoms with Crippen molar-refractivity contribution in [3.05, 3.63) is 47.7 Å². The third-order valence-electron chi connectivity index (χ3n) is 3.78. The average Bonchev–Trinajstić information content (AvgIpc) is 2.29. The van der Waals surface area contributed by atoms with Gasteiger partial charge in [0.2, 0.25) is 5.69 Å². The zero-order valence-electron chi connectivity index (χ0n) is 12.9. The number of aromatic nitrogens is 1. The number of pyridine rings is 1. The number of nitrogens with zero attached hydrogens (tertiary/aromatic N) is 1. The summed E-state index contributed by atoms with van der Waals surface area (Å²) in [6, 6.07) is 11.0. The lowest BCUT2D eigenvalue weighted by Crippen LogP contribution is -2.44. The third-order valence-corrected chi connectivity index (χ3v) is 5.94. The van der Waals surface area contributed by atoms with Gasteiger partial charge in [0, 0.05) is 17.2 Å². The van der Waals surface area contributed by atoms with Gasteiger partial charge in [-0.3, -0.25) is 0 Å². The molecule has 1 aromatic heterocycles. The van der Waals surface area contributed by atoms with Gasteiger partial charge in [-0.25, -0.2) is 4.57 Å². The Hall–Kier alpha value is -1.41. The second-order valence-electron chi connectivity index (χ2n) is 6.38. The zero-order valence-corrected chi connectivity index (χ0v) is 13.9. The average molecular weight is 270 g/mol. The highest BCUT2D eigenvalue weighted by Gasteiger charge is 2.25. The van der Waals surface area contributed by atoms with E-state index in [4.69, 9.17) is 0 Å². The third kappa shape index (κ3) is 2.64. The molecule has 0 radical (unpaired) electrons. The Balaban J connectivity index is 2.74. The maximum Gasteiger partial charge on any atom is 0.215 e. The summed E-state index contributed by atoms with van der Waals surface area (Å²) < 4.78 is 2.25. The van der Waals surface area contributed by atoms with Gasteiger partial charge in [-0.15, -0.1) is 0 Å². The number of hydrogen-bond acceptors (Lipinski definition) is 0. The van der Waals surface area contributed by atoms with Gasteiger partial charge in [0.25, 0.3) is 0 Å². The van der Waals surface area contributed by atoms with Crippen LogP contribution in [0.5, 0.6) is 0 Å². The lowest BCUT2D eigenvalue weighted by molar-refractivity contribution is -0.660. The summed E-state index contributed by atoms with van der Waals surface area (Å²) in [6.45, 7) is 11.7. The second-order valence-corrected chi connectivity index (χ2v) is 11.4. The summed E-state index contributed by atoms with van der Waals surface area (Å²) in [6.07, 6.45) is 2.21. The molecule has 0 aliphatic heterocycles. The smallest absolute Gasteiger partial charge is 0.201 e. The monoisotopic (exact) mass is 270 g/mol. The molecule has 0 amide bonds. The summed E-state index contributed by atoms with van der Waals surface area (Å²) in [5.41, 5.74) is 5.49. The van der Waals surface area contributed by atoms with Crippen LogP contribution in [0.4, 0.5) is 0 Å². The van der Waals surface area contributed by atoms with Gasteiger partial charge in [0.05, 0.1) is 8.07 Å². The molecule has 0 saturated heterocycles. The van der Waals surface area contributed by atoms with E-state index in [9.17, 15) is 0 Å². The molecule has 0 fully saturated rings. The molecule has 2 rings (SSSR count). The van der Waals surface area contributed by atoms with Gasteiger partial charge < -0.3 is 0 Å². The van der Waals surface area contributed by atoms with E-state index in [0.717, 1.165) is 0 Å². The van der Waals surface area contributed by atoms with Crippen molar-refractivity contribution in [2.75, 3.05) is 0 Å². The fourth-order valence-corrected chi connectivity index (χ4v) is 4.64. The van der Waals surface area contributed by atoms with Crippen LogP contribution in [0, 0.1) is 13.8 Å². The molecule has 2 heteroatoms. The summed E-state index contributed by atoms with van der Waals surface area (Å²) in [7, 11) is 0.846. The molecule has 1 aromatic carbocycles. The van der Waals surface area contributed by atoms with E-state index < -0.39 is 8.07 Å². The van der Waals surface area contributed by atoms with Gasteiger partial charge in [-0.05, 0) is 30.7 Å². The van der Waals surface area contributed by atoms with Crippen molar-refractivity contribution in [1.29, 1.82) is 0 Å². The van der Waals surface area contributed by atoms with Crippen molar-refractivity contribution in [2.45, 2.75) is 33.5 Å². The molecule has 0 N–H and O–H groups in total. The van der Waals surface area contributed by atoms with E-state index in [0.29, 0.717) is 0 Å². The predicted molar refractivity (Wildman–Crippen MR) is 85.5 cm³/mol. The van der Waals surface area contributed by atoms with Crippen LogP contribution >= 0.6 is 0 Å². The SMILES string of the molecule is Cc1ccccc1-c1c(C)c([Si](C)(C)C)cc[n+]1C. The lowest BCUT2D eigenvalue weighted by Gasteiger charge is -2.20. The van der Waals surface area contributed by atoms with Gasteiger partial charge in [0.15, 0.2) is 6.20 Å². The van der Waals surface area contributed by atoms with Crippen LogP contribution < -0.4 is 9.75 Å². The highest BCUT2D eigenvalue weighted by atomic mass is 28.3. The van der Waals surface area contributed by atoms with Crippen LogP contribution in [0.3, 0.4) is 0 Å². The summed E-state index contributed by atoms with van der Waals surface area (Å²) in [4.78, 5) is 0. The molecule has 19 heavy (non-hydrogen) atoms. The van der Waals surface area contributed by atoms with E-state index >= 15 is 0 Å². The molecule has 100 valence electrons. The molecule has 1 nitrogen and oxygen atoms in total. The number of aryl methyl sites for hydroxylation is 2. The van der Waals surface area contributed by atoms with E-state index in [2.05, 4.69) is 81.6 Å². The maximum absolute atomic E-state index is 2.41. The quantitative estimate of drug-likeness (QED) is 0.582. The first-order valence-corrected chi connectivity index (χ1v) is 10.4. The molecule has 0 bridgehead atoms. The predicted octanol–water partition coefficient (Wildman–Crippen LogP) is 3.34. The highest BCUT2D eigenvalue weighted by molar-refractivity contribution is 6.89. The van der Waals surface area contributed by atoms with Crippen molar-refractivity contribution in [3.8, 4) is 11.3 Å². The second kappa shape index (κ2) is 4.93. The molecule has 0 unspecified atom stereocenters. The minimum Gasteiger partial charge on any atom is -0.201 e. The van der Waals surface area contributed by atoms with Crippen molar-refractivity contribution in [2.24, 2.45) is 7.05 Å². The van der Waals surface area contributed by atoms with E-state index in [-0.39, 0.29) is 0 Å². The molecule has 1 heterocycles. The lowest BCUT2D eigenvalue weighted by atomic mass is 10.0. The molecule has 0 spiro atoms. The van der Waals surface area contributed by atoms with Crippen LogP contribution in [0.1, 0.15) is 11.1 Å². The van der Waals surface area contributed by atoms with E-state index in [1.165, 1.54) is 22.4 Å². The Morgan fingerprint density at radius 2 is 1.58 bits per heavy atom. The topological polar surface area (TPSA) is 3.88 Å². The molecule has 0 atom stereocenters. The minimum absolute atomic E-state index is 1.30. The first-order valence-electron chi connectivity index (χ1n) is 6.88. The Morgan fingerprint density at radius 1 is 0.947 bits per heavy atom. The largest absolute Gasteiger partial charge is 0.215 e. The standard InChI is InChI=1S/C17H24NSi/c1-13-9-7-8-10-15(13)17-14(2)16(19(4,5)6)11-12-18(17)3/h7-12H,1-6H3/q+1. The van der Waals surface area contributed by atoms with Crippen molar-refractivity contribution in [3.63, 3.8) is 0 Å². The summed E-state index contributed by atoms with van der Waals surface area (Å²) >= 11 is 0. The Kier molecular flexibility index (Phi) is 3.63. The van der Waals surface area contributed by atoms with Crippen LogP contribution in [-0.4, -0.2) is 8.07 Å². The highest BCUT2D eigenvalue weighted by Crippen LogP contribution is 2.23. The van der Waals surface area contributed by atoms with Gasteiger partial charge in [-0.1, -0.05) is 37.8 Å². The van der Waals surface area contributed by atoms with E-state index in [1.807, 2.05) is 0 Å². The van der Waals surface area contributed by atoms with E-state index in [1.54, 1.807) is 5.19 Å². The molecular formula is C17H24NSi+. The van der Waals surface area contributed by atoms with Gasteiger partial charge in [0.1, 0.15) is 7.05 Å². The first-order chi connectivity index (χ1) is 8.82. The normalized spacial score (nSPS) is 11.7. The summed E-state index contributed by atoms with van der Waals surface area (Å²) in [5, 5.41) is 1.56. The zero-order chi connectivity index (χ0) is 14.2. The fraction of sp³-hybridized carbons (Fsp3) is 0.353. The van der Waals surface area contributed by atoms with Gasteiger partial charge >= 0.3 is 0 Å². The minimum atomic E-state index is -1.30. The molecule has 2 aromatic rings. The number of benzene rings is 1. The van der Waals surface area contributed by atoms with Gasteiger partial charge in [-0.2, -0.15) is 0 Å². The van der Waals surface area contributed by atoms with Crippen LogP contribution in [0.25, 0.3) is 11.3 Å². The summed E-state index contributed by atoms with van der Waals surface area (Å²) in [5.74, 6) is 0. The Bertz CT molecular complexity index is 609. The Labute approximate surface area is 117 Å². The van der Waals surface area contributed by atoms with Crippen molar-refractivity contribution < 1.29 is 4.57 Å². The molecule has 0 aliphatic carbocycles.